The second-order valence-corrected chi connectivity index (χ2v) is 5.27. The van der Waals surface area contributed by atoms with Crippen LogP contribution >= 0.6 is 0 Å². The summed E-state index contributed by atoms with van der Waals surface area (Å²) in [7, 11) is 0. The lowest BCUT2D eigenvalue weighted by Crippen LogP contribution is -2.25. The Kier molecular flexibility index (Phi) is 2.72. The largest absolute Gasteiger partial charge is 0.416 e. The summed E-state index contributed by atoms with van der Waals surface area (Å²) in [5, 5.41) is 3.20. The highest BCUT2D eigenvalue weighted by Gasteiger charge is 2.41. The minimum absolute atomic E-state index is 0.320. The fourth-order valence-electron chi connectivity index (χ4n) is 2.39. The maximum absolute atomic E-state index is 12.6. The molecular formula is C13H15F3N2. The van der Waals surface area contributed by atoms with E-state index in [0.29, 0.717) is 23.7 Å². The van der Waals surface area contributed by atoms with Crippen molar-refractivity contribution in [2.24, 2.45) is 11.8 Å². The average Bonchev–Trinajstić information content (AvgIpc) is 3.16. The van der Waals surface area contributed by atoms with E-state index in [4.69, 9.17) is 0 Å². The number of hydrogen-bond acceptors (Lipinski definition) is 2. The zero-order chi connectivity index (χ0) is 12.8. The number of hydrogen-bond donors (Lipinski definition) is 1. The molecule has 0 spiro atoms. The lowest BCUT2D eigenvalue weighted by molar-refractivity contribution is -0.137. The molecule has 0 amide bonds. The van der Waals surface area contributed by atoms with E-state index in [0.717, 1.165) is 12.1 Å². The van der Waals surface area contributed by atoms with E-state index in [-0.39, 0.29) is 0 Å². The number of alkyl halides is 3. The third-order valence-corrected chi connectivity index (χ3v) is 3.66. The second kappa shape index (κ2) is 4.14. The number of halogens is 3. The van der Waals surface area contributed by atoms with Crippen LogP contribution in [0.4, 0.5) is 19.0 Å². The summed E-state index contributed by atoms with van der Waals surface area (Å²) >= 11 is 0. The Morgan fingerprint density at radius 1 is 1.17 bits per heavy atom. The molecule has 0 bridgehead atoms. The third kappa shape index (κ3) is 2.60. The minimum Gasteiger partial charge on any atom is -0.367 e. The molecule has 2 nitrogen and oxygen atoms in total. The van der Waals surface area contributed by atoms with E-state index < -0.39 is 11.7 Å². The molecule has 1 heterocycles. The average molecular weight is 256 g/mol. The van der Waals surface area contributed by atoms with Crippen molar-refractivity contribution >= 4 is 5.82 Å². The molecular weight excluding hydrogens is 241 g/mol. The maximum Gasteiger partial charge on any atom is 0.416 e. The van der Waals surface area contributed by atoms with Gasteiger partial charge in [-0.1, -0.05) is 0 Å². The van der Waals surface area contributed by atoms with Crippen LogP contribution in [0.25, 0.3) is 0 Å². The van der Waals surface area contributed by atoms with Gasteiger partial charge in [-0.05, 0) is 49.7 Å². The lowest BCUT2D eigenvalue weighted by atomic mass is 10.1. The molecule has 0 aliphatic heterocycles. The summed E-state index contributed by atoms with van der Waals surface area (Å²) in [4.78, 5) is 4.00. The highest BCUT2D eigenvalue weighted by Crippen LogP contribution is 2.45. The van der Waals surface area contributed by atoms with Gasteiger partial charge in [-0.2, -0.15) is 13.2 Å². The Bertz CT molecular complexity index is 424. The van der Waals surface area contributed by atoms with Gasteiger partial charge in [-0.25, -0.2) is 4.98 Å². The molecule has 2 aliphatic carbocycles. The van der Waals surface area contributed by atoms with Gasteiger partial charge in [0.2, 0.25) is 0 Å². The van der Waals surface area contributed by atoms with Crippen LogP contribution in [0.5, 0.6) is 0 Å². The number of aromatic nitrogens is 1. The summed E-state index contributed by atoms with van der Waals surface area (Å²) in [5.74, 6) is 1.62. The molecule has 1 aromatic heterocycles. The van der Waals surface area contributed by atoms with Gasteiger partial charge in [-0.15, -0.1) is 0 Å². The van der Waals surface area contributed by atoms with Crippen molar-refractivity contribution in [1.82, 2.24) is 4.98 Å². The smallest absolute Gasteiger partial charge is 0.367 e. The molecule has 3 rings (SSSR count). The summed E-state index contributed by atoms with van der Waals surface area (Å²) in [6.45, 7) is 0. The van der Waals surface area contributed by atoms with E-state index >= 15 is 0 Å². The Hall–Kier alpha value is -1.26. The molecule has 0 unspecified atom stereocenters. The summed E-state index contributed by atoms with van der Waals surface area (Å²) < 4.78 is 37.8. The first-order valence-electron chi connectivity index (χ1n) is 6.34. The van der Waals surface area contributed by atoms with Crippen LogP contribution in [0.1, 0.15) is 31.2 Å². The Morgan fingerprint density at radius 2 is 1.78 bits per heavy atom. The van der Waals surface area contributed by atoms with E-state index in [1.165, 1.54) is 31.9 Å². The molecule has 98 valence electrons. The summed E-state index contributed by atoms with van der Waals surface area (Å²) in [6, 6.07) is 2.44. The van der Waals surface area contributed by atoms with Crippen LogP contribution in [-0.2, 0) is 6.18 Å². The summed E-state index contributed by atoms with van der Waals surface area (Å²) in [5.41, 5.74) is -0.634. The Labute approximate surface area is 104 Å². The highest BCUT2D eigenvalue weighted by molar-refractivity contribution is 5.40. The SMILES string of the molecule is FC(F)(F)c1ccnc(NC(C2CC2)C2CC2)c1. The number of nitrogens with one attached hydrogen (secondary N) is 1. The molecule has 1 N–H and O–H groups in total. The normalized spacial score (nSPS) is 20.2. The molecule has 0 radical (unpaired) electrons. The van der Waals surface area contributed by atoms with Crippen LogP contribution in [0.2, 0.25) is 0 Å². The maximum atomic E-state index is 12.6. The third-order valence-electron chi connectivity index (χ3n) is 3.66. The molecule has 0 atom stereocenters. The monoisotopic (exact) mass is 256 g/mol. The van der Waals surface area contributed by atoms with Crippen molar-refractivity contribution in [1.29, 1.82) is 0 Å². The van der Waals surface area contributed by atoms with Crippen molar-refractivity contribution in [3.8, 4) is 0 Å². The van der Waals surface area contributed by atoms with Crippen molar-refractivity contribution in [3.05, 3.63) is 23.9 Å². The fourth-order valence-corrected chi connectivity index (χ4v) is 2.39. The van der Waals surface area contributed by atoms with Crippen LogP contribution in [0.3, 0.4) is 0 Å². The van der Waals surface area contributed by atoms with Crippen LogP contribution in [0.15, 0.2) is 18.3 Å². The second-order valence-electron chi connectivity index (χ2n) is 5.27. The van der Waals surface area contributed by atoms with Crippen LogP contribution in [-0.4, -0.2) is 11.0 Å². The number of anilines is 1. The first-order chi connectivity index (χ1) is 8.54. The van der Waals surface area contributed by atoms with Crippen molar-refractivity contribution in [3.63, 3.8) is 0 Å². The van der Waals surface area contributed by atoms with Crippen LogP contribution in [0, 0.1) is 11.8 Å². The Morgan fingerprint density at radius 3 is 2.28 bits per heavy atom. The van der Waals surface area contributed by atoms with Crippen LogP contribution < -0.4 is 5.32 Å². The quantitative estimate of drug-likeness (QED) is 0.888. The molecule has 0 saturated heterocycles. The van der Waals surface area contributed by atoms with Crippen molar-refractivity contribution in [2.45, 2.75) is 37.9 Å². The van der Waals surface area contributed by atoms with Gasteiger partial charge >= 0.3 is 6.18 Å². The molecule has 2 fully saturated rings. The highest BCUT2D eigenvalue weighted by atomic mass is 19.4. The molecule has 18 heavy (non-hydrogen) atoms. The van der Waals surface area contributed by atoms with E-state index in [9.17, 15) is 13.2 Å². The van der Waals surface area contributed by atoms with Gasteiger partial charge in [0, 0.05) is 12.2 Å². The zero-order valence-corrected chi connectivity index (χ0v) is 9.87. The minimum atomic E-state index is -4.30. The van der Waals surface area contributed by atoms with Gasteiger partial charge < -0.3 is 5.32 Å². The van der Waals surface area contributed by atoms with Gasteiger partial charge in [0.15, 0.2) is 0 Å². The lowest BCUT2D eigenvalue weighted by Gasteiger charge is -2.19. The predicted octanol–water partition coefficient (Wildman–Crippen LogP) is 3.70. The van der Waals surface area contributed by atoms with Gasteiger partial charge in [0.05, 0.1) is 5.56 Å². The van der Waals surface area contributed by atoms with E-state index in [1.54, 1.807) is 0 Å². The fraction of sp³-hybridized carbons (Fsp3) is 0.615. The number of pyridine rings is 1. The zero-order valence-electron chi connectivity index (χ0n) is 9.87. The topological polar surface area (TPSA) is 24.9 Å². The Balaban J connectivity index is 1.75. The molecule has 2 saturated carbocycles. The number of nitrogens with zero attached hydrogens (tertiary/aromatic N) is 1. The van der Waals surface area contributed by atoms with Gasteiger partial charge in [-0.3, -0.25) is 0 Å². The van der Waals surface area contributed by atoms with Crippen molar-refractivity contribution in [2.75, 3.05) is 5.32 Å². The van der Waals surface area contributed by atoms with E-state index in [1.807, 2.05) is 0 Å². The van der Waals surface area contributed by atoms with Gasteiger partial charge in [0.1, 0.15) is 5.82 Å². The van der Waals surface area contributed by atoms with E-state index in [2.05, 4.69) is 10.3 Å². The number of rotatable bonds is 4. The molecule has 0 aromatic carbocycles. The van der Waals surface area contributed by atoms with Gasteiger partial charge in [0.25, 0.3) is 0 Å². The first kappa shape index (κ1) is 11.8. The molecule has 1 aromatic rings. The molecule has 5 heteroatoms. The first-order valence-corrected chi connectivity index (χ1v) is 6.34. The molecule has 2 aliphatic rings. The summed E-state index contributed by atoms with van der Waals surface area (Å²) in [6.07, 6.45) is 1.68. The van der Waals surface area contributed by atoms with Crippen molar-refractivity contribution < 1.29 is 13.2 Å². The predicted molar refractivity (Wildman–Crippen MR) is 62.1 cm³/mol. The standard InChI is InChI=1S/C13H15F3N2/c14-13(15,16)10-5-6-17-11(7-10)18-12(8-1-2-8)9-3-4-9/h5-9,12H,1-4H2,(H,17,18).